The van der Waals surface area contributed by atoms with Gasteiger partial charge in [-0.2, -0.15) is 0 Å². The maximum atomic E-state index is 14.7. The average Bonchev–Trinajstić information content (AvgIpc) is 3.24. The number of fused-ring (bicyclic) bond motifs is 2. The van der Waals surface area contributed by atoms with E-state index in [2.05, 4.69) is 22.5 Å². The zero-order valence-electron chi connectivity index (χ0n) is 18.1. The molecule has 3 aromatic rings. The number of aromatic nitrogens is 2. The van der Waals surface area contributed by atoms with E-state index >= 15 is 0 Å². The first-order valence-corrected chi connectivity index (χ1v) is 11.2. The van der Waals surface area contributed by atoms with Crippen molar-refractivity contribution >= 4 is 34.3 Å². The topological polar surface area (TPSA) is 87.5 Å². The van der Waals surface area contributed by atoms with E-state index in [1.165, 1.54) is 16.8 Å². The molecule has 176 valence electrons. The van der Waals surface area contributed by atoms with Crippen molar-refractivity contribution in [3.63, 3.8) is 0 Å². The number of pyridine rings is 2. The van der Waals surface area contributed by atoms with E-state index in [0.29, 0.717) is 36.8 Å². The molecule has 0 saturated carbocycles. The van der Waals surface area contributed by atoms with E-state index in [4.69, 9.17) is 11.6 Å². The summed E-state index contributed by atoms with van der Waals surface area (Å²) in [5, 5.41) is 12.9. The van der Waals surface area contributed by atoms with Gasteiger partial charge in [0, 0.05) is 43.5 Å². The summed E-state index contributed by atoms with van der Waals surface area (Å²) in [5.41, 5.74) is -1.37. The van der Waals surface area contributed by atoms with Gasteiger partial charge in [0.1, 0.15) is 28.0 Å². The summed E-state index contributed by atoms with van der Waals surface area (Å²) >= 11 is 6.79. The van der Waals surface area contributed by atoms with Gasteiger partial charge >= 0.3 is 5.97 Å². The Labute approximate surface area is 198 Å². The summed E-state index contributed by atoms with van der Waals surface area (Å²) < 4.78 is 29.5. The molecule has 0 amide bonds. The van der Waals surface area contributed by atoms with Crippen LogP contribution in [-0.2, 0) is 0 Å². The molecule has 34 heavy (non-hydrogen) atoms. The summed E-state index contributed by atoms with van der Waals surface area (Å²) in [6.45, 7) is 1.38. The van der Waals surface area contributed by atoms with Crippen molar-refractivity contribution in [2.75, 3.05) is 25.0 Å². The predicted molar refractivity (Wildman–Crippen MR) is 125 cm³/mol. The van der Waals surface area contributed by atoms with Crippen molar-refractivity contribution in [2.24, 2.45) is 11.8 Å². The molecule has 0 spiro atoms. The first-order valence-electron chi connectivity index (χ1n) is 10.8. The molecule has 5 rings (SSSR count). The highest BCUT2D eigenvalue weighted by molar-refractivity contribution is 6.37. The van der Waals surface area contributed by atoms with Gasteiger partial charge in [-0.25, -0.2) is 18.6 Å². The van der Waals surface area contributed by atoms with Crippen molar-refractivity contribution in [3.05, 3.63) is 75.2 Å². The van der Waals surface area contributed by atoms with Gasteiger partial charge in [-0.3, -0.25) is 4.79 Å². The fraction of sp³-hybridized carbons (Fsp3) is 0.292. The van der Waals surface area contributed by atoms with Crippen molar-refractivity contribution in [1.82, 2.24) is 14.9 Å². The third kappa shape index (κ3) is 3.56. The van der Waals surface area contributed by atoms with Gasteiger partial charge in [0.2, 0.25) is 5.43 Å². The molecule has 7 nitrogen and oxygen atoms in total. The van der Waals surface area contributed by atoms with Crippen LogP contribution in [0.3, 0.4) is 0 Å². The SMILES string of the molecule is CN[C@@H]1C=CC[C@@H]2CN(c3ncc4c(=O)c(C(=O)O)cn(-c5ccc(F)cc5F)c4c3Cl)C[C@@H]21. The first kappa shape index (κ1) is 22.5. The Morgan fingerprint density at radius 2 is 2.09 bits per heavy atom. The number of nitrogens with one attached hydrogen (secondary N) is 1. The molecule has 1 saturated heterocycles. The Kier molecular flexibility index (Phi) is 5.61. The molecule has 3 atom stereocenters. The number of rotatable bonds is 4. The molecule has 10 heteroatoms. The highest BCUT2D eigenvalue weighted by Gasteiger charge is 2.39. The fourth-order valence-electron chi connectivity index (χ4n) is 5.08. The number of halogens is 3. The van der Waals surface area contributed by atoms with Gasteiger partial charge < -0.3 is 19.9 Å². The molecule has 2 aromatic heterocycles. The van der Waals surface area contributed by atoms with Crippen LogP contribution in [0.25, 0.3) is 16.6 Å². The first-order chi connectivity index (χ1) is 16.3. The number of likely N-dealkylation sites (N-methyl/N-ethyl adjacent to an activating group) is 1. The van der Waals surface area contributed by atoms with Crippen LogP contribution < -0.4 is 15.6 Å². The van der Waals surface area contributed by atoms with E-state index in [1.807, 2.05) is 11.9 Å². The number of nitrogens with zero attached hydrogens (tertiary/aromatic N) is 3. The standard InChI is InChI=1S/C24H21ClF2N4O3/c1-28-18-4-2-3-12-9-30(10-15(12)18)23-20(25)21-14(8-29-23)22(32)16(24(33)34)11-31(21)19-6-5-13(26)7-17(19)27/h2,4-8,11-12,15,18,28H,3,9-10H2,1H3,(H,33,34)/t12-,15+,18-/m1/s1. The van der Waals surface area contributed by atoms with Crippen LogP contribution in [0.1, 0.15) is 16.8 Å². The van der Waals surface area contributed by atoms with E-state index in [9.17, 15) is 23.5 Å². The molecule has 1 aliphatic heterocycles. The number of carboxylic acids is 1. The second-order valence-electron chi connectivity index (χ2n) is 8.61. The maximum absolute atomic E-state index is 14.7. The van der Waals surface area contributed by atoms with Crippen molar-refractivity contribution < 1.29 is 18.7 Å². The van der Waals surface area contributed by atoms with Gasteiger partial charge in [-0.15, -0.1) is 0 Å². The normalized spacial score (nSPS) is 21.8. The molecule has 1 fully saturated rings. The lowest BCUT2D eigenvalue weighted by atomic mass is 9.82. The van der Waals surface area contributed by atoms with Gasteiger partial charge in [0.05, 0.1) is 16.6 Å². The van der Waals surface area contributed by atoms with Crippen LogP contribution >= 0.6 is 11.6 Å². The molecule has 1 aliphatic carbocycles. The van der Waals surface area contributed by atoms with Crippen LogP contribution in [0, 0.1) is 23.5 Å². The lowest BCUT2D eigenvalue weighted by Crippen LogP contribution is -2.38. The Morgan fingerprint density at radius 1 is 1.29 bits per heavy atom. The molecular formula is C24H21ClF2N4O3. The van der Waals surface area contributed by atoms with Gasteiger partial charge in [-0.05, 0) is 31.5 Å². The third-order valence-electron chi connectivity index (χ3n) is 6.73. The molecule has 0 bridgehead atoms. The monoisotopic (exact) mass is 486 g/mol. The largest absolute Gasteiger partial charge is 0.477 e. The highest BCUT2D eigenvalue weighted by atomic mass is 35.5. The number of benzene rings is 1. The van der Waals surface area contributed by atoms with Gasteiger partial charge in [0.25, 0.3) is 0 Å². The van der Waals surface area contributed by atoms with Crippen LogP contribution in [0.4, 0.5) is 14.6 Å². The zero-order chi connectivity index (χ0) is 24.1. The maximum Gasteiger partial charge on any atom is 0.341 e. The van der Waals surface area contributed by atoms with E-state index in [0.717, 1.165) is 18.7 Å². The second-order valence-corrected chi connectivity index (χ2v) is 8.99. The number of hydrogen-bond acceptors (Lipinski definition) is 5. The molecule has 2 N–H and O–H groups in total. The zero-order valence-corrected chi connectivity index (χ0v) is 18.9. The Hall–Kier alpha value is -3.30. The quantitative estimate of drug-likeness (QED) is 0.548. The predicted octanol–water partition coefficient (Wildman–Crippen LogP) is 3.62. The lowest BCUT2D eigenvalue weighted by Gasteiger charge is -2.28. The number of carboxylic acid groups (broad SMARTS) is 1. The minimum atomic E-state index is -1.47. The van der Waals surface area contributed by atoms with Gasteiger partial charge in [-0.1, -0.05) is 23.8 Å². The van der Waals surface area contributed by atoms with E-state index in [-0.39, 0.29) is 27.7 Å². The number of allylic oxidation sites excluding steroid dienone is 1. The summed E-state index contributed by atoms with van der Waals surface area (Å²) in [6, 6.07) is 3.12. The smallest absolute Gasteiger partial charge is 0.341 e. The second kappa shape index (κ2) is 8.48. The fourth-order valence-corrected chi connectivity index (χ4v) is 5.45. The third-order valence-corrected chi connectivity index (χ3v) is 7.08. The lowest BCUT2D eigenvalue weighted by molar-refractivity contribution is 0.0695. The molecule has 0 unspecified atom stereocenters. The van der Waals surface area contributed by atoms with E-state index < -0.39 is 28.6 Å². The molecular weight excluding hydrogens is 466 g/mol. The number of hydrogen-bond donors (Lipinski definition) is 2. The average molecular weight is 487 g/mol. The minimum absolute atomic E-state index is 0.0660. The molecule has 1 aromatic carbocycles. The Balaban J connectivity index is 1.70. The van der Waals surface area contributed by atoms with Crippen molar-refractivity contribution in [1.29, 1.82) is 0 Å². The van der Waals surface area contributed by atoms with Gasteiger partial charge in [0.15, 0.2) is 0 Å². The minimum Gasteiger partial charge on any atom is -0.477 e. The summed E-state index contributed by atoms with van der Waals surface area (Å²) in [6.07, 6.45) is 7.53. The van der Waals surface area contributed by atoms with Crippen molar-refractivity contribution in [2.45, 2.75) is 12.5 Å². The summed E-state index contributed by atoms with van der Waals surface area (Å²) in [4.78, 5) is 31.1. The van der Waals surface area contributed by atoms with Crippen LogP contribution in [0.15, 0.2) is 47.5 Å². The van der Waals surface area contributed by atoms with Crippen LogP contribution in [0.5, 0.6) is 0 Å². The summed E-state index contributed by atoms with van der Waals surface area (Å²) in [7, 11) is 1.91. The number of aromatic carboxylic acids is 1. The highest BCUT2D eigenvalue weighted by Crippen LogP contribution is 2.39. The van der Waals surface area contributed by atoms with Crippen molar-refractivity contribution in [3.8, 4) is 5.69 Å². The van der Waals surface area contributed by atoms with Crippen LogP contribution in [0.2, 0.25) is 5.02 Å². The number of anilines is 1. The Bertz CT molecular complexity index is 1410. The molecule has 0 radical (unpaired) electrons. The number of carbonyl (C=O) groups is 1. The Morgan fingerprint density at radius 3 is 2.79 bits per heavy atom. The molecule has 2 aliphatic rings. The summed E-state index contributed by atoms with van der Waals surface area (Å²) in [5.74, 6) is -2.02. The molecule has 3 heterocycles. The van der Waals surface area contributed by atoms with Crippen LogP contribution in [-0.4, -0.2) is 46.8 Å². The van der Waals surface area contributed by atoms with E-state index in [1.54, 1.807) is 0 Å².